The van der Waals surface area contributed by atoms with Crippen molar-refractivity contribution in [2.45, 2.75) is 11.4 Å². The number of fused-ring (bicyclic) bond motifs is 1. The predicted octanol–water partition coefficient (Wildman–Crippen LogP) is 3.21. The number of aromatic nitrogens is 1. The second-order valence-electron chi connectivity index (χ2n) is 7.96. The van der Waals surface area contributed by atoms with Crippen LogP contribution in [0.2, 0.25) is 0 Å². The van der Waals surface area contributed by atoms with Crippen molar-refractivity contribution in [2.75, 3.05) is 30.7 Å². The molecule has 0 bridgehead atoms. The van der Waals surface area contributed by atoms with Gasteiger partial charge in [0.25, 0.3) is 15.9 Å². The molecule has 0 aliphatic carbocycles. The Bertz CT molecular complexity index is 1470. The van der Waals surface area contributed by atoms with Crippen LogP contribution < -0.4 is 15.8 Å². The van der Waals surface area contributed by atoms with Crippen molar-refractivity contribution >= 4 is 38.4 Å². The van der Waals surface area contributed by atoms with Gasteiger partial charge in [-0.25, -0.2) is 13.2 Å². The molecule has 0 aliphatic rings. The number of anilines is 2. The maximum atomic E-state index is 12.7. The molecule has 0 saturated heterocycles. The van der Waals surface area contributed by atoms with E-state index in [1.165, 1.54) is 28.8 Å². The fraction of sp³-hybridized carbons (Fsp3) is 0.167. The molecule has 34 heavy (non-hydrogen) atoms. The molecule has 4 aromatic rings. The van der Waals surface area contributed by atoms with Gasteiger partial charge in [-0.05, 0) is 68.7 Å². The number of nitrogens with one attached hydrogen (secondary N) is 2. The molecule has 0 fully saturated rings. The summed E-state index contributed by atoms with van der Waals surface area (Å²) in [6, 6.07) is 19.1. The number of carbonyl (C=O) groups excluding carboxylic acids is 1. The van der Waals surface area contributed by atoms with Crippen molar-refractivity contribution in [2.24, 2.45) is 0 Å². The molecule has 0 unspecified atom stereocenters. The summed E-state index contributed by atoms with van der Waals surface area (Å²) in [4.78, 5) is 26.9. The molecule has 1 heterocycles. The van der Waals surface area contributed by atoms with Crippen molar-refractivity contribution < 1.29 is 17.6 Å². The van der Waals surface area contributed by atoms with Gasteiger partial charge >= 0.3 is 5.76 Å². The lowest BCUT2D eigenvalue weighted by Crippen LogP contribution is -2.23. The van der Waals surface area contributed by atoms with Gasteiger partial charge in [-0.2, -0.15) is 0 Å². The van der Waals surface area contributed by atoms with E-state index in [4.69, 9.17) is 4.42 Å². The normalized spacial score (nSPS) is 11.6. The molecular weight excluding hydrogens is 456 g/mol. The Kier molecular flexibility index (Phi) is 6.53. The van der Waals surface area contributed by atoms with E-state index in [9.17, 15) is 18.0 Å². The fourth-order valence-corrected chi connectivity index (χ4v) is 4.42. The highest BCUT2D eigenvalue weighted by molar-refractivity contribution is 7.92. The van der Waals surface area contributed by atoms with Gasteiger partial charge in [-0.3, -0.25) is 14.1 Å². The lowest BCUT2D eigenvalue weighted by atomic mass is 10.2. The van der Waals surface area contributed by atoms with Crippen molar-refractivity contribution in [1.82, 2.24) is 9.47 Å². The Morgan fingerprint density at radius 2 is 1.68 bits per heavy atom. The molecule has 9 nitrogen and oxygen atoms in total. The Balaban J connectivity index is 1.50. The summed E-state index contributed by atoms with van der Waals surface area (Å²) in [5.41, 5.74) is 2.23. The first-order valence-electron chi connectivity index (χ1n) is 10.5. The summed E-state index contributed by atoms with van der Waals surface area (Å²) in [5, 5.41) is 2.78. The largest absolute Gasteiger partial charge is 0.419 e. The van der Waals surface area contributed by atoms with E-state index >= 15 is 0 Å². The van der Waals surface area contributed by atoms with Crippen molar-refractivity contribution in [3.05, 3.63) is 88.9 Å². The first kappa shape index (κ1) is 23.3. The number of sulfonamides is 1. The third kappa shape index (κ3) is 5.19. The number of para-hydroxylation sites is 1. The zero-order valence-electron chi connectivity index (χ0n) is 18.7. The molecule has 0 spiro atoms. The number of rotatable bonds is 8. The number of nitrogens with zero attached hydrogens (tertiary/aromatic N) is 2. The smallest absolute Gasteiger partial charge is 0.408 e. The van der Waals surface area contributed by atoms with Crippen LogP contribution in [0, 0.1) is 0 Å². The van der Waals surface area contributed by atoms with Crippen LogP contribution in [0.25, 0.3) is 11.1 Å². The van der Waals surface area contributed by atoms with Crippen LogP contribution in [0.15, 0.2) is 86.9 Å². The van der Waals surface area contributed by atoms with Gasteiger partial charge in [0.1, 0.15) is 0 Å². The summed E-state index contributed by atoms with van der Waals surface area (Å²) in [7, 11) is 0.0388. The van der Waals surface area contributed by atoms with Crippen molar-refractivity contribution in [3.63, 3.8) is 0 Å². The van der Waals surface area contributed by atoms with Crippen molar-refractivity contribution in [1.29, 1.82) is 0 Å². The molecule has 3 aromatic carbocycles. The SMILES string of the molecule is CN(C)CCn1c(=O)oc2ccc(NC(=O)c3ccc(S(=O)(=O)Nc4ccccc4)cc3)cc21. The number of hydrogen-bond acceptors (Lipinski definition) is 6. The lowest BCUT2D eigenvalue weighted by Gasteiger charge is -2.10. The summed E-state index contributed by atoms with van der Waals surface area (Å²) < 4.78 is 34.4. The number of likely N-dealkylation sites (N-methyl/N-ethyl adjacent to an activating group) is 1. The minimum Gasteiger partial charge on any atom is -0.408 e. The Labute approximate surface area is 196 Å². The molecule has 1 amide bonds. The summed E-state index contributed by atoms with van der Waals surface area (Å²) in [6.45, 7) is 1.10. The Hall–Kier alpha value is -3.89. The summed E-state index contributed by atoms with van der Waals surface area (Å²) in [6.07, 6.45) is 0. The van der Waals surface area contributed by atoms with Crippen LogP contribution >= 0.6 is 0 Å². The Morgan fingerprint density at radius 1 is 0.971 bits per heavy atom. The van der Waals surface area contributed by atoms with Crippen LogP contribution in [0.4, 0.5) is 11.4 Å². The average molecular weight is 481 g/mol. The summed E-state index contributed by atoms with van der Waals surface area (Å²) >= 11 is 0. The van der Waals surface area contributed by atoms with Crippen LogP contribution in [0.3, 0.4) is 0 Å². The zero-order valence-corrected chi connectivity index (χ0v) is 19.5. The molecule has 0 aliphatic heterocycles. The quantitative estimate of drug-likeness (QED) is 0.400. The number of benzene rings is 3. The third-order valence-corrected chi connectivity index (χ3v) is 6.55. The van der Waals surface area contributed by atoms with E-state index in [1.54, 1.807) is 48.5 Å². The van der Waals surface area contributed by atoms with Gasteiger partial charge in [-0.1, -0.05) is 18.2 Å². The third-order valence-electron chi connectivity index (χ3n) is 5.15. The molecule has 10 heteroatoms. The highest BCUT2D eigenvalue weighted by atomic mass is 32.2. The minimum absolute atomic E-state index is 0.0395. The minimum atomic E-state index is -3.78. The van der Waals surface area contributed by atoms with Crippen LogP contribution in [-0.4, -0.2) is 44.4 Å². The zero-order chi connectivity index (χ0) is 24.3. The fourth-order valence-electron chi connectivity index (χ4n) is 3.36. The number of hydrogen-bond donors (Lipinski definition) is 2. The molecule has 176 valence electrons. The van der Waals surface area contributed by atoms with Crippen molar-refractivity contribution in [3.8, 4) is 0 Å². The number of amides is 1. The van der Waals surface area contributed by atoms with Crippen LogP contribution in [-0.2, 0) is 16.6 Å². The molecule has 4 rings (SSSR count). The van der Waals surface area contributed by atoms with E-state index in [0.717, 1.165) is 0 Å². The molecule has 0 saturated carbocycles. The topological polar surface area (TPSA) is 114 Å². The van der Waals surface area contributed by atoms with Gasteiger partial charge < -0.3 is 14.6 Å². The van der Waals surface area contributed by atoms with Gasteiger partial charge in [0, 0.05) is 30.0 Å². The highest BCUT2D eigenvalue weighted by Crippen LogP contribution is 2.20. The second-order valence-corrected chi connectivity index (χ2v) is 9.64. The maximum Gasteiger partial charge on any atom is 0.419 e. The first-order chi connectivity index (χ1) is 16.2. The molecular formula is C24H24N4O5S. The average Bonchev–Trinajstić information content (AvgIpc) is 3.12. The molecule has 2 N–H and O–H groups in total. The predicted molar refractivity (Wildman–Crippen MR) is 131 cm³/mol. The van der Waals surface area contributed by atoms with Crippen LogP contribution in [0.1, 0.15) is 10.4 Å². The summed E-state index contributed by atoms with van der Waals surface area (Å²) in [5.74, 6) is -0.869. The number of oxazole rings is 1. The van der Waals surface area contributed by atoms with Gasteiger partial charge in [0.2, 0.25) is 0 Å². The van der Waals surface area contributed by atoms with Gasteiger partial charge in [0.05, 0.1) is 10.4 Å². The monoisotopic (exact) mass is 480 g/mol. The molecule has 1 aromatic heterocycles. The van der Waals surface area contributed by atoms with E-state index in [-0.39, 0.29) is 10.5 Å². The molecule has 0 atom stereocenters. The van der Waals surface area contributed by atoms with E-state index in [2.05, 4.69) is 10.0 Å². The van der Waals surface area contributed by atoms with Crippen LogP contribution in [0.5, 0.6) is 0 Å². The lowest BCUT2D eigenvalue weighted by molar-refractivity contribution is 0.102. The first-order valence-corrected chi connectivity index (χ1v) is 12.0. The van der Waals surface area contributed by atoms with E-state index in [0.29, 0.717) is 35.6 Å². The molecule has 0 radical (unpaired) electrons. The second kappa shape index (κ2) is 9.54. The highest BCUT2D eigenvalue weighted by Gasteiger charge is 2.16. The Morgan fingerprint density at radius 3 is 2.35 bits per heavy atom. The van der Waals surface area contributed by atoms with E-state index in [1.807, 2.05) is 19.0 Å². The maximum absolute atomic E-state index is 12.7. The van der Waals surface area contributed by atoms with Gasteiger partial charge in [-0.15, -0.1) is 0 Å². The van der Waals surface area contributed by atoms with Gasteiger partial charge in [0.15, 0.2) is 5.58 Å². The number of carbonyl (C=O) groups is 1. The standard InChI is InChI=1S/C24H24N4O5S/c1-27(2)14-15-28-21-16-19(10-13-22(21)33-24(28)30)25-23(29)17-8-11-20(12-9-17)34(31,32)26-18-6-4-3-5-7-18/h3-13,16,26H,14-15H2,1-2H3,(H,25,29). The van der Waals surface area contributed by atoms with E-state index < -0.39 is 21.7 Å².